The zero-order valence-electron chi connectivity index (χ0n) is 12.3. The Morgan fingerprint density at radius 2 is 2.10 bits per heavy atom. The van der Waals surface area contributed by atoms with Crippen LogP contribution < -0.4 is 0 Å². The van der Waals surface area contributed by atoms with Crippen LogP contribution in [0.3, 0.4) is 0 Å². The van der Waals surface area contributed by atoms with Crippen LogP contribution in [0.15, 0.2) is 41.1 Å². The Kier molecular flexibility index (Phi) is 5.11. The van der Waals surface area contributed by atoms with Crippen molar-refractivity contribution < 1.29 is 14.4 Å². The third-order valence-electron chi connectivity index (χ3n) is 3.40. The number of aryl methyl sites for hydroxylation is 1. The van der Waals surface area contributed by atoms with Crippen LogP contribution in [0.1, 0.15) is 23.7 Å². The minimum Gasteiger partial charge on any atom is -0.391 e. The maximum absolute atomic E-state index is 11.7. The summed E-state index contributed by atoms with van der Waals surface area (Å²) in [6, 6.07) is 9.74. The maximum Gasteiger partial charge on any atom is 0.219 e. The molecule has 0 saturated heterocycles. The molecule has 1 unspecified atom stereocenters. The van der Waals surface area contributed by atoms with Crippen LogP contribution in [0.5, 0.6) is 0 Å². The Morgan fingerprint density at radius 1 is 1.38 bits per heavy atom. The predicted octanol–water partition coefficient (Wildman–Crippen LogP) is 1.94. The van der Waals surface area contributed by atoms with E-state index in [-0.39, 0.29) is 12.5 Å². The Labute approximate surface area is 124 Å². The lowest BCUT2D eigenvalue weighted by Crippen LogP contribution is -2.36. The van der Waals surface area contributed by atoms with Crippen LogP contribution in [0.2, 0.25) is 0 Å². The zero-order valence-corrected chi connectivity index (χ0v) is 12.3. The Balaban J connectivity index is 1.96. The van der Waals surface area contributed by atoms with E-state index < -0.39 is 6.10 Å². The number of aliphatic hydroxyl groups is 1. The number of hydrogen-bond acceptors (Lipinski definition) is 4. The number of nitrogens with zero attached hydrogens (tertiary/aromatic N) is 2. The highest BCUT2D eigenvalue weighted by molar-refractivity contribution is 5.73. The highest BCUT2D eigenvalue weighted by atomic mass is 16.5. The summed E-state index contributed by atoms with van der Waals surface area (Å²) in [6.07, 6.45) is 1.32. The molecule has 5 nitrogen and oxygen atoms in total. The van der Waals surface area contributed by atoms with Crippen LogP contribution in [0.4, 0.5) is 0 Å². The molecule has 1 heterocycles. The van der Waals surface area contributed by atoms with Crippen molar-refractivity contribution in [3.63, 3.8) is 0 Å². The molecule has 1 aromatic carbocycles. The van der Waals surface area contributed by atoms with Crippen LogP contribution in [0, 0.1) is 6.92 Å². The molecule has 0 saturated carbocycles. The van der Waals surface area contributed by atoms with Gasteiger partial charge in [0.05, 0.1) is 11.8 Å². The molecule has 0 fully saturated rings. The van der Waals surface area contributed by atoms with E-state index in [1.54, 1.807) is 4.90 Å². The van der Waals surface area contributed by atoms with Crippen molar-refractivity contribution in [2.75, 3.05) is 6.54 Å². The fourth-order valence-corrected chi connectivity index (χ4v) is 2.19. The molecule has 1 N–H and O–H groups in total. The monoisotopic (exact) mass is 288 g/mol. The SMILES string of the molecule is CC(=O)N(Cc1ccccc1)CC(O)Cc1conc1C. The van der Waals surface area contributed by atoms with Gasteiger partial charge in [0, 0.05) is 32.0 Å². The lowest BCUT2D eigenvalue weighted by molar-refractivity contribution is -0.130. The number of aromatic nitrogens is 1. The van der Waals surface area contributed by atoms with Gasteiger partial charge in [0.2, 0.25) is 5.91 Å². The quantitative estimate of drug-likeness (QED) is 0.882. The molecule has 1 aromatic heterocycles. The fraction of sp³-hybridized carbons (Fsp3) is 0.375. The van der Waals surface area contributed by atoms with Crippen molar-refractivity contribution >= 4 is 5.91 Å². The summed E-state index contributed by atoms with van der Waals surface area (Å²) >= 11 is 0. The number of benzene rings is 1. The number of carbonyl (C=O) groups is 1. The van der Waals surface area contributed by atoms with E-state index in [4.69, 9.17) is 4.52 Å². The predicted molar refractivity (Wildman–Crippen MR) is 78.5 cm³/mol. The molecular formula is C16H20N2O3. The van der Waals surface area contributed by atoms with E-state index in [0.29, 0.717) is 13.0 Å². The first kappa shape index (κ1) is 15.3. The summed E-state index contributed by atoms with van der Waals surface area (Å²) in [5.74, 6) is -0.0556. The third kappa shape index (κ3) is 4.43. The van der Waals surface area contributed by atoms with Crippen LogP contribution >= 0.6 is 0 Å². The van der Waals surface area contributed by atoms with Gasteiger partial charge in [-0.1, -0.05) is 35.5 Å². The molecule has 1 amide bonds. The lowest BCUT2D eigenvalue weighted by atomic mass is 10.1. The van der Waals surface area contributed by atoms with Gasteiger partial charge in [0.15, 0.2) is 0 Å². The molecule has 0 bridgehead atoms. The molecule has 0 aliphatic carbocycles. The molecule has 2 rings (SSSR count). The van der Waals surface area contributed by atoms with E-state index in [9.17, 15) is 9.90 Å². The number of amides is 1. The van der Waals surface area contributed by atoms with E-state index in [0.717, 1.165) is 16.8 Å². The summed E-state index contributed by atoms with van der Waals surface area (Å²) in [7, 11) is 0. The second kappa shape index (κ2) is 7.04. The number of carbonyl (C=O) groups excluding carboxylic acids is 1. The highest BCUT2D eigenvalue weighted by Gasteiger charge is 2.17. The first-order valence-corrected chi connectivity index (χ1v) is 6.93. The Hall–Kier alpha value is -2.14. The third-order valence-corrected chi connectivity index (χ3v) is 3.40. The molecule has 112 valence electrons. The molecule has 1 atom stereocenters. The van der Waals surface area contributed by atoms with Gasteiger partial charge in [0.25, 0.3) is 0 Å². The summed E-state index contributed by atoms with van der Waals surface area (Å²) in [4.78, 5) is 13.4. The van der Waals surface area contributed by atoms with Gasteiger partial charge in [-0.25, -0.2) is 0 Å². The average molecular weight is 288 g/mol. The van der Waals surface area contributed by atoms with Crippen LogP contribution in [-0.4, -0.2) is 33.7 Å². The molecule has 2 aromatic rings. The van der Waals surface area contributed by atoms with Gasteiger partial charge in [-0.15, -0.1) is 0 Å². The largest absolute Gasteiger partial charge is 0.391 e. The van der Waals surface area contributed by atoms with Crippen molar-refractivity contribution in [1.82, 2.24) is 10.1 Å². The van der Waals surface area contributed by atoms with Crippen molar-refractivity contribution in [3.8, 4) is 0 Å². The molecule has 0 spiro atoms. The van der Waals surface area contributed by atoms with Gasteiger partial charge in [0.1, 0.15) is 6.26 Å². The van der Waals surface area contributed by atoms with Gasteiger partial charge in [-0.3, -0.25) is 4.79 Å². The van der Waals surface area contributed by atoms with Crippen molar-refractivity contribution in [2.45, 2.75) is 32.9 Å². The van der Waals surface area contributed by atoms with Gasteiger partial charge >= 0.3 is 0 Å². The molecule has 0 radical (unpaired) electrons. The Bertz CT molecular complexity index is 580. The Morgan fingerprint density at radius 3 is 2.67 bits per heavy atom. The van der Waals surface area contributed by atoms with E-state index in [1.165, 1.54) is 13.2 Å². The average Bonchev–Trinajstić information content (AvgIpc) is 2.84. The first-order chi connectivity index (χ1) is 10.1. The number of aliphatic hydroxyl groups excluding tert-OH is 1. The standard InChI is InChI=1S/C16H20N2O3/c1-12-15(11-21-17-12)8-16(20)10-18(13(2)19)9-14-6-4-3-5-7-14/h3-7,11,16,20H,8-10H2,1-2H3. The maximum atomic E-state index is 11.7. The molecule has 0 aliphatic rings. The van der Waals surface area contributed by atoms with Crippen LogP contribution in [0.25, 0.3) is 0 Å². The zero-order chi connectivity index (χ0) is 15.2. The number of hydrogen-bond donors (Lipinski definition) is 1. The van der Waals surface area contributed by atoms with E-state index in [2.05, 4.69) is 5.16 Å². The van der Waals surface area contributed by atoms with Crippen molar-refractivity contribution in [2.24, 2.45) is 0 Å². The van der Waals surface area contributed by atoms with Gasteiger partial charge in [-0.05, 0) is 12.5 Å². The minimum absolute atomic E-state index is 0.0556. The molecule has 5 heteroatoms. The molecular weight excluding hydrogens is 268 g/mol. The van der Waals surface area contributed by atoms with Crippen molar-refractivity contribution in [1.29, 1.82) is 0 Å². The first-order valence-electron chi connectivity index (χ1n) is 6.93. The second-order valence-electron chi connectivity index (χ2n) is 5.17. The smallest absolute Gasteiger partial charge is 0.219 e. The van der Waals surface area contributed by atoms with Crippen molar-refractivity contribution in [3.05, 3.63) is 53.4 Å². The minimum atomic E-state index is -0.643. The van der Waals surface area contributed by atoms with E-state index in [1.807, 2.05) is 37.3 Å². The lowest BCUT2D eigenvalue weighted by Gasteiger charge is -2.24. The molecule has 21 heavy (non-hydrogen) atoms. The molecule has 0 aliphatic heterocycles. The van der Waals surface area contributed by atoms with Crippen LogP contribution in [-0.2, 0) is 17.8 Å². The summed E-state index contributed by atoms with van der Waals surface area (Å²) < 4.78 is 4.85. The summed E-state index contributed by atoms with van der Waals surface area (Å²) in [6.45, 7) is 4.13. The van der Waals surface area contributed by atoms with Gasteiger partial charge in [-0.2, -0.15) is 0 Å². The second-order valence-corrected chi connectivity index (χ2v) is 5.17. The summed E-state index contributed by atoms with van der Waals surface area (Å²) in [5.41, 5.74) is 2.68. The normalized spacial score (nSPS) is 12.1. The van der Waals surface area contributed by atoms with Gasteiger partial charge < -0.3 is 14.5 Å². The topological polar surface area (TPSA) is 66.6 Å². The highest BCUT2D eigenvalue weighted by Crippen LogP contribution is 2.11. The number of rotatable bonds is 6. The van der Waals surface area contributed by atoms with E-state index >= 15 is 0 Å². The fourth-order valence-electron chi connectivity index (χ4n) is 2.19. The summed E-state index contributed by atoms with van der Waals surface area (Å²) in [5, 5.41) is 14.0.